The zero-order chi connectivity index (χ0) is 42.4. The van der Waals surface area contributed by atoms with Crippen molar-refractivity contribution < 1.29 is 82.0 Å². The second-order valence-corrected chi connectivity index (χ2v) is 33.7. The molecule has 23 heteroatoms. The Kier molecular flexibility index (Phi) is 23.0. The topological polar surface area (TPSA) is 279 Å². The third-order valence-electron chi connectivity index (χ3n) is 7.92. The summed E-state index contributed by atoms with van der Waals surface area (Å²) < 4.78 is 41.5. The Morgan fingerprint density at radius 2 is 1.38 bits per heavy atom. The van der Waals surface area contributed by atoms with Crippen molar-refractivity contribution in [3.05, 3.63) is 0 Å². The minimum atomic E-state index is -3.16. The fourth-order valence-corrected chi connectivity index (χ4v) is 20.4. The summed E-state index contributed by atoms with van der Waals surface area (Å²) in [4.78, 5) is 15.0. The van der Waals surface area contributed by atoms with Crippen molar-refractivity contribution in [1.29, 1.82) is 0 Å². The van der Waals surface area contributed by atoms with Crippen LogP contribution in [-0.4, -0.2) is 218 Å². The first-order valence-electron chi connectivity index (χ1n) is 18.7. The average Bonchev–Trinajstić information content (AvgIpc) is 3.05. The van der Waals surface area contributed by atoms with Crippen LogP contribution < -0.4 is 5.32 Å². The standard InChI is InChI=1S/C32H72N2O17Si4/c1-45-15-16-46-21-22(37)18-34(13-11-17-55(49-52(2,3)4,50-53(5,6)7)51-54(8,9)10)14-12-33-31(44)28(42)27(41)30(23(38)19-35)48-32-29(43)26(40)25(39)24(20-36)47-32/h22-30,32,35-43H,11-21H2,1-10H3,(H,33,44)/t22?,23-,24-,25-,26+,27-,28-,29-,30-,32+/m1/s1. The number of aliphatic hydroxyl groups is 9. The lowest BCUT2D eigenvalue weighted by molar-refractivity contribution is -0.326. The van der Waals surface area contributed by atoms with E-state index < -0.39 is 114 Å². The van der Waals surface area contributed by atoms with E-state index in [0.717, 1.165) is 0 Å². The predicted octanol–water partition coefficient (Wildman–Crippen LogP) is -2.43. The lowest BCUT2D eigenvalue weighted by Crippen LogP contribution is -2.62. The molecule has 19 nitrogen and oxygen atoms in total. The number of hydrogen-bond acceptors (Lipinski definition) is 18. The Morgan fingerprint density at radius 1 is 0.818 bits per heavy atom. The molecule has 0 aromatic rings. The van der Waals surface area contributed by atoms with Gasteiger partial charge in [-0.15, -0.1) is 0 Å². The van der Waals surface area contributed by atoms with Crippen LogP contribution in [-0.2, 0) is 36.1 Å². The number of rotatable bonds is 28. The third kappa shape index (κ3) is 20.0. The molecule has 0 aromatic heterocycles. The fraction of sp³-hybridized carbons (Fsp3) is 0.969. The molecule has 1 unspecified atom stereocenters. The van der Waals surface area contributed by atoms with Crippen LogP contribution in [0.1, 0.15) is 6.42 Å². The van der Waals surface area contributed by atoms with Gasteiger partial charge in [0.25, 0.3) is 5.91 Å². The van der Waals surface area contributed by atoms with Crippen LogP contribution in [0.2, 0.25) is 65.0 Å². The second-order valence-electron chi connectivity index (χ2n) is 16.7. The Labute approximate surface area is 330 Å². The fourth-order valence-electron chi connectivity index (χ4n) is 5.75. The number of carbonyl (C=O) groups is 1. The highest BCUT2D eigenvalue weighted by Crippen LogP contribution is 2.30. The maximum atomic E-state index is 13.1. The SMILES string of the molecule is COCCOCC(O)CN(CCC[Si](O[Si](C)(C)C)(O[Si](C)(C)C)O[Si](C)(C)C)CCNC(=O)[C@H](O)[C@@H](O)[C@H](O[C@@H]1O[C@H](CO)[C@@H](O)[C@H](O)[C@H]1O)[C@H](O)CO. The van der Waals surface area contributed by atoms with Gasteiger partial charge in [0, 0.05) is 32.8 Å². The van der Waals surface area contributed by atoms with Gasteiger partial charge in [0.15, 0.2) is 37.3 Å². The summed E-state index contributed by atoms with van der Waals surface area (Å²) in [6.07, 6.45) is -17.3. The molecule has 328 valence electrons. The molecule has 0 aromatic carbocycles. The Bertz CT molecular complexity index is 1040. The summed E-state index contributed by atoms with van der Waals surface area (Å²) in [5.41, 5.74) is 0. The molecular weight excluding hydrogens is 797 g/mol. The summed E-state index contributed by atoms with van der Waals surface area (Å²) in [5.74, 6) is -1.06. The normalized spacial score (nSPS) is 24.4. The number of carbonyl (C=O) groups excluding carboxylic acids is 1. The molecule has 0 radical (unpaired) electrons. The molecule has 55 heavy (non-hydrogen) atoms. The van der Waals surface area contributed by atoms with E-state index in [9.17, 15) is 50.8 Å². The summed E-state index contributed by atoms with van der Waals surface area (Å²) in [6.45, 7) is 18.6. The highest BCUT2D eigenvalue weighted by molar-refractivity contribution is 6.90. The van der Waals surface area contributed by atoms with Crippen molar-refractivity contribution in [2.24, 2.45) is 0 Å². The molecule has 0 saturated carbocycles. The van der Waals surface area contributed by atoms with Crippen molar-refractivity contribution >= 4 is 39.7 Å². The molecule has 0 aliphatic carbocycles. The number of aliphatic hydroxyl groups excluding tert-OH is 9. The molecule has 1 rings (SSSR count). The largest absolute Gasteiger partial charge is 0.469 e. The number of amides is 1. The van der Waals surface area contributed by atoms with Crippen LogP contribution >= 0.6 is 0 Å². The van der Waals surface area contributed by atoms with Crippen LogP contribution in [0.15, 0.2) is 0 Å². The van der Waals surface area contributed by atoms with E-state index in [1.165, 1.54) is 0 Å². The summed E-state index contributed by atoms with van der Waals surface area (Å²) >= 11 is 0. The van der Waals surface area contributed by atoms with E-state index in [2.05, 4.69) is 64.2 Å². The molecule has 1 saturated heterocycles. The van der Waals surface area contributed by atoms with Gasteiger partial charge < -0.3 is 82.6 Å². The van der Waals surface area contributed by atoms with E-state index in [1.807, 2.05) is 4.90 Å². The maximum absolute atomic E-state index is 13.1. The molecule has 1 aliphatic rings. The van der Waals surface area contributed by atoms with Crippen molar-refractivity contribution in [3.63, 3.8) is 0 Å². The van der Waals surface area contributed by atoms with Crippen molar-refractivity contribution in [2.75, 3.05) is 66.3 Å². The molecule has 1 fully saturated rings. The van der Waals surface area contributed by atoms with E-state index in [1.54, 1.807) is 7.11 Å². The van der Waals surface area contributed by atoms with Gasteiger partial charge in [-0.05, 0) is 71.9 Å². The van der Waals surface area contributed by atoms with Crippen LogP contribution in [0.3, 0.4) is 0 Å². The highest BCUT2D eigenvalue weighted by Gasteiger charge is 2.50. The van der Waals surface area contributed by atoms with E-state index in [0.29, 0.717) is 32.2 Å². The number of hydrogen-bond donors (Lipinski definition) is 10. The Balaban J connectivity index is 3.12. The van der Waals surface area contributed by atoms with Crippen LogP contribution in [0.5, 0.6) is 0 Å². The molecule has 10 N–H and O–H groups in total. The average molecular weight is 869 g/mol. The number of methoxy groups -OCH3 is 1. The van der Waals surface area contributed by atoms with Gasteiger partial charge in [0.1, 0.15) is 42.7 Å². The first kappa shape index (κ1) is 52.7. The van der Waals surface area contributed by atoms with E-state index in [4.69, 9.17) is 31.3 Å². The second kappa shape index (κ2) is 24.0. The first-order chi connectivity index (χ1) is 25.3. The third-order valence-corrected chi connectivity index (χ3v) is 20.0. The summed E-state index contributed by atoms with van der Waals surface area (Å²) in [5, 5.41) is 95.0. The number of ether oxygens (including phenoxy) is 4. The van der Waals surface area contributed by atoms with Crippen LogP contribution in [0, 0.1) is 0 Å². The lowest BCUT2D eigenvalue weighted by atomic mass is 9.98. The first-order valence-corrected chi connectivity index (χ1v) is 30.9. The van der Waals surface area contributed by atoms with Crippen LogP contribution in [0.4, 0.5) is 0 Å². The number of nitrogens with one attached hydrogen (secondary N) is 1. The zero-order valence-electron chi connectivity index (χ0n) is 34.3. The molecule has 0 bridgehead atoms. The maximum Gasteiger partial charge on any atom is 0.469 e. The molecular formula is C32H72N2O17Si4. The predicted molar refractivity (Wildman–Crippen MR) is 210 cm³/mol. The van der Waals surface area contributed by atoms with Gasteiger partial charge >= 0.3 is 8.80 Å². The van der Waals surface area contributed by atoms with Crippen LogP contribution in [0.25, 0.3) is 0 Å². The minimum Gasteiger partial charge on any atom is -0.417 e. The monoisotopic (exact) mass is 868 g/mol. The quantitative estimate of drug-likeness (QED) is 0.0289. The van der Waals surface area contributed by atoms with E-state index >= 15 is 0 Å². The van der Waals surface area contributed by atoms with Gasteiger partial charge in [-0.2, -0.15) is 0 Å². The van der Waals surface area contributed by atoms with Crippen molar-refractivity contribution in [1.82, 2.24) is 10.2 Å². The molecule has 0 spiro atoms. The minimum absolute atomic E-state index is 0.0367. The van der Waals surface area contributed by atoms with Gasteiger partial charge in [-0.3, -0.25) is 9.69 Å². The highest BCUT2D eigenvalue weighted by atomic mass is 28.5. The van der Waals surface area contributed by atoms with Gasteiger partial charge in [0.05, 0.1) is 39.1 Å². The smallest absolute Gasteiger partial charge is 0.417 e. The molecule has 1 aliphatic heterocycles. The van der Waals surface area contributed by atoms with Gasteiger partial charge in [-0.25, -0.2) is 0 Å². The van der Waals surface area contributed by atoms with Crippen molar-refractivity contribution in [3.8, 4) is 0 Å². The molecule has 10 atom stereocenters. The Hall–Kier alpha value is -0.342. The summed E-state index contributed by atoms with van der Waals surface area (Å²) in [6, 6.07) is 0.531. The zero-order valence-corrected chi connectivity index (χ0v) is 38.3. The van der Waals surface area contributed by atoms with Gasteiger partial charge in [-0.1, -0.05) is 0 Å². The molecule has 1 heterocycles. The molecule has 1 amide bonds. The summed E-state index contributed by atoms with van der Waals surface area (Å²) in [7, 11) is -7.98. The van der Waals surface area contributed by atoms with Crippen molar-refractivity contribution in [2.45, 2.75) is 133 Å². The van der Waals surface area contributed by atoms with Gasteiger partial charge in [0.2, 0.25) is 0 Å². The lowest BCUT2D eigenvalue weighted by Gasteiger charge is -2.43. The van der Waals surface area contributed by atoms with E-state index in [-0.39, 0.29) is 26.2 Å². The Morgan fingerprint density at radius 3 is 1.87 bits per heavy atom. The number of nitrogens with zero attached hydrogens (tertiary/aromatic N) is 1.